The summed E-state index contributed by atoms with van der Waals surface area (Å²) in [4.78, 5) is 9.88. The number of halogens is 1. The Kier molecular flexibility index (Phi) is 3.62. The van der Waals surface area contributed by atoms with Crippen LogP contribution < -0.4 is 5.32 Å². The van der Waals surface area contributed by atoms with Crippen LogP contribution in [-0.2, 0) is 0 Å². The van der Waals surface area contributed by atoms with Gasteiger partial charge in [0, 0.05) is 18.0 Å². The summed E-state index contributed by atoms with van der Waals surface area (Å²) in [5.41, 5.74) is -0.252. The van der Waals surface area contributed by atoms with Gasteiger partial charge in [0.25, 0.3) is 5.69 Å². The summed E-state index contributed by atoms with van der Waals surface area (Å²) in [6.07, 6.45) is 1.20. The Balaban J connectivity index is 2.26. The van der Waals surface area contributed by atoms with Crippen LogP contribution in [0.1, 0.15) is 5.82 Å². The zero-order chi connectivity index (χ0) is 14.5. The van der Waals surface area contributed by atoms with Crippen LogP contribution in [0.25, 0.3) is 5.57 Å². The Morgan fingerprint density at radius 1 is 1.55 bits per heavy atom. The van der Waals surface area contributed by atoms with Crippen molar-refractivity contribution in [2.75, 3.05) is 5.32 Å². The lowest BCUT2D eigenvalue weighted by molar-refractivity contribution is -0.385. The number of aromatic amines is 1. The van der Waals surface area contributed by atoms with Crippen molar-refractivity contribution in [1.82, 2.24) is 20.6 Å². The number of nitro benzene ring substituents is 1. The van der Waals surface area contributed by atoms with E-state index in [1.165, 1.54) is 6.20 Å². The average Bonchev–Trinajstić information content (AvgIpc) is 2.93. The van der Waals surface area contributed by atoms with Crippen LogP contribution in [0, 0.1) is 27.3 Å². The third kappa shape index (κ3) is 2.91. The van der Waals surface area contributed by atoms with Gasteiger partial charge in [-0.25, -0.2) is 4.39 Å². The fourth-order valence-electron chi connectivity index (χ4n) is 1.34. The molecule has 1 aromatic heterocycles. The maximum atomic E-state index is 13.2. The molecular weight excluding hydrogens is 269 g/mol. The molecule has 2 N–H and O–H groups in total. The first kappa shape index (κ1) is 13.1. The minimum Gasteiger partial charge on any atom is -0.360 e. The molecule has 2 rings (SSSR count). The number of tetrazole rings is 1. The first-order valence-corrected chi connectivity index (χ1v) is 5.16. The molecule has 0 fully saturated rings. The Morgan fingerprint density at radius 2 is 2.35 bits per heavy atom. The summed E-state index contributed by atoms with van der Waals surface area (Å²) in [7, 11) is 0. The second-order valence-corrected chi connectivity index (χ2v) is 3.50. The van der Waals surface area contributed by atoms with Gasteiger partial charge in [-0.1, -0.05) is 0 Å². The summed E-state index contributed by atoms with van der Waals surface area (Å²) in [6, 6.07) is 4.78. The van der Waals surface area contributed by atoms with Gasteiger partial charge in [-0.3, -0.25) is 10.1 Å². The minimum absolute atomic E-state index is 0.0330. The first-order valence-electron chi connectivity index (χ1n) is 5.16. The summed E-state index contributed by atoms with van der Waals surface area (Å²) in [6.45, 7) is 0. The molecule has 1 aromatic carbocycles. The number of hydrogen-bond acceptors (Lipinski definition) is 7. The highest BCUT2D eigenvalue weighted by Crippen LogP contribution is 2.20. The fraction of sp³-hybridized carbons (Fsp3) is 0. The van der Waals surface area contributed by atoms with E-state index in [0.717, 1.165) is 18.2 Å². The topological polar surface area (TPSA) is 133 Å². The third-order valence-corrected chi connectivity index (χ3v) is 2.18. The fourth-order valence-corrected chi connectivity index (χ4v) is 1.34. The van der Waals surface area contributed by atoms with Crippen molar-refractivity contribution in [3.63, 3.8) is 0 Å². The summed E-state index contributed by atoms with van der Waals surface area (Å²) in [5, 5.41) is 34.8. The lowest BCUT2D eigenvalue weighted by Crippen LogP contribution is -1.96. The molecule has 20 heavy (non-hydrogen) atoms. The van der Waals surface area contributed by atoms with Crippen molar-refractivity contribution in [1.29, 1.82) is 5.26 Å². The number of nitro groups is 1. The number of allylic oxidation sites excluding steroid dienone is 1. The van der Waals surface area contributed by atoms with Crippen molar-refractivity contribution >= 4 is 16.9 Å². The normalized spacial score (nSPS) is 10.9. The van der Waals surface area contributed by atoms with E-state index in [1.54, 1.807) is 0 Å². The van der Waals surface area contributed by atoms with E-state index in [-0.39, 0.29) is 17.1 Å². The predicted molar refractivity (Wildman–Crippen MR) is 64.4 cm³/mol. The van der Waals surface area contributed by atoms with Crippen LogP contribution in [0.5, 0.6) is 0 Å². The number of non-ortho nitro benzene ring substituents is 1. The molecule has 0 bridgehead atoms. The largest absolute Gasteiger partial charge is 0.360 e. The van der Waals surface area contributed by atoms with Crippen molar-refractivity contribution < 1.29 is 9.31 Å². The molecule has 0 saturated carbocycles. The van der Waals surface area contributed by atoms with Gasteiger partial charge < -0.3 is 5.32 Å². The van der Waals surface area contributed by atoms with E-state index >= 15 is 0 Å². The molecule has 2 aromatic rings. The number of aromatic nitrogens is 4. The van der Waals surface area contributed by atoms with Crippen LogP contribution in [0.3, 0.4) is 0 Å². The van der Waals surface area contributed by atoms with Crippen LogP contribution in [-0.4, -0.2) is 25.5 Å². The SMILES string of the molecule is N#CC(=CNc1cc(F)cc([N+](=O)[O-])c1)c1nn[nH]n1. The number of anilines is 1. The van der Waals surface area contributed by atoms with E-state index in [9.17, 15) is 14.5 Å². The molecule has 0 aliphatic carbocycles. The van der Waals surface area contributed by atoms with E-state index in [0.29, 0.717) is 0 Å². The molecule has 0 atom stereocenters. The molecule has 0 saturated heterocycles. The van der Waals surface area contributed by atoms with Gasteiger partial charge in [-0.15, -0.1) is 10.2 Å². The summed E-state index contributed by atoms with van der Waals surface area (Å²) >= 11 is 0. The van der Waals surface area contributed by atoms with Gasteiger partial charge in [-0.2, -0.15) is 10.5 Å². The number of H-pyrrole nitrogens is 1. The molecule has 9 nitrogen and oxygen atoms in total. The van der Waals surface area contributed by atoms with Crippen molar-refractivity contribution in [3.05, 3.63) is 46.2 Å². The number of benzene rings is 1. The van der Waals surface area contributed by atoms with Crippen LogP contribution in [0.4, 0.5) is 15.8 Å². The highest BCUT2D eigenvalue weighted by molar-refractivity contribution is 5.74. The molecule has 0 aliphatic heterocycles. The zero-order valence-corrected chi connectivity index (χ0v) is 9.74. The monoisotopic (exact) mass is 275 g/mol. The smallest absolute Gasteiger partial charge is 0.274 e. The standard InChI is InChI=1S/C10H6FN7O2/c11-7-1-8(3-9(2-7)18(19)20)13-5-6(4-12)10-14-16-17-15-10/h1-3,5,13H,(H,14,15,16,17). The maximum Gasteiger partial charge on any atom is 0.274 e. The van der Waals surface area contributed by atoms with Gasteiger partial charge in [-0.05, 0) is 11.3 Å². The Labute approximate surface area is 110 Å². The number of rotatable bonds is 4. The highest BCUT2D eigenvalue weighted by atomic mass is 19.1. The van der Waals surface area contributed by atoms with Crippen molar-refractivity contribution in [2.24, 2.45) is 0 Å². The summed E-state index contributed by atoms with van der Waals surface area (Å²) < 4.78 is 13.2. The quantitative estimate of drug-likeness (QED) is 0.486. The first-order chi connectivity index (χ1) is 9.60. The maximum absolute atomic E-state index is 13.2. The minimum atomic E-state index is -0.770. The summed E-state index contributed by atoms with van der Waals surface area (Å²) in [5.74, 6) is -0.723. The molecular formula is C10H6FN7O2. The van der Waals surface area contributed by atoms with E-state index < -0.39 is 16.4 Å². The van der Waals surface area contributed by atoms with Crippen molar-refractivity contribution in [3.8, 4) is 6.07 Å². The van der Waals surface area contributed by atoms with E-state index in [2.05, 4.69) is 25.9 Å². The molecule has 10 heteroatoms. The van der Waals surface area contributed by atoms with Crippen LogP contribution in [0.2, 0.25) is 0 Å². The molecule has 0 radical (unpaired) electrons. The molecule has 0 spiro atoms. The Hall–Kier alpha value is -3.35. The third-order valence-electron chi connectivity index (χ3n) is 2.18. The molecule has 1 heterocycles. The average molecular weight is 275 g/mol. The van der Waals surface area contributed by atoms with Gasteiger partial charge in [0.1, 0.15) is 17.5 Å². The lowest BCUT2D eigenvalue weighted by Gasteiger charge is -2.01. The second kappa shape index (κ2) is 5.53. The lowest BCUT2D eigenvalue weighted by atomic mass is 10.2. The van der Waals surface area contributed by atoms with Crippen LogP contribution >= 0.6 is 0 Å². The second-order valence-electron chi connectivity index (χ2n) is 3.50. The highest BCUT2D eigenvalue weighted by Gasteiger charge is 2.10. The van der Waals surface area contributed by atoms with Crippen LogP contribution in [0.15, 0.2) is 24.4 Å². The molecule has 100 valence electrons. The number of hydrogen-bond donors (Lipinski definition) is 2. The Morgan fingerprint density at radius 3 is 2.95 bits per heavy atom. The predicted octanol–water partition coefficient (Wildman–Crippen LogP) is 1.22. The van der Waals surface area contributed by atoms with Gasteiger partial charge in [0.15, 0.2) is 0 Å². The number of nitrogens with zero attached hydrogens (tertiary/aromatic N) is 5. The molecule has 0 aliphatic rings. The van der Waals surface area contributed by atoms with Gasteiger partial charge >= 0.3 is 0 Å². The van der Waals surface area contributed by atoms with Gasteiger partial charge in [0.2, 0.25) is 5.82 Å². The zero-order valence-electron chi connectivity index (χ0n) is 9.74. The Bertz CT molecular complexity index is 705. The van der Waals surface area contributed by atoms with Gasteiger partial charge in [0.05, 0.1) is 11.0 Å². The number of nitrogens with one attached hydrogen (secondary N) is 2. The molecule has 0 amide bonds. The van der Waals surface area contributed by atoms with E-state index in [4.69, 9.17) is 5.26 Å². The number of nitriles is 1. The van der Waals surface area contributed by atoms with Crippen molar-refractivity contribution in [2.45, 2.75) is 0 Å². The van der Waals surface area contributed by atoms with E-state index in [1.807, 2.05) is 6.07 Å². The molecule has 0 unspecified atom stereocenters.